The Kier molecular flexibility index (Phi) is 3.74. The third-order valence-electron chi connectivity index (χ3n) is 4.29. The van der Waals surface area contributed by atoms with Crippen LogP contribution in [0.2, 0.25) is 0 Å². The van der Waals surface area contributed by atoms with Crippen LogP contribution in [-0.2, 0) is 19.6 Å². The minimum Gasteiger partial charge on any atom is -0.481 e. The number of esters is 1. The van der Waals surface area contributed by atoms with Crippen molar-refractivity contribution in [2.45, 2.75) is 35.6 Å². The van der Waals surface area contributed by atoms with Crippen LogP contribution in [0.15, 0.2) is 16.3 Å². The first-order valence-corrected chi connectivity index (χ1v) is 9.06. The summed E-state index contributed by atoms with van der Waals surface area (Å²) in [5.74, 6) is -2.18. The maximum absolute atomic E-state index is 12.8. The third-order valence-corrected chi connectivity index (χ3v) is 7.80. The van der Waals surface area contributed by atoms with Gasteiger partial charge in [0.25, 0.3) is 10.0 Å². The minimum absolute atomic E-state index is 0.0517. The SMILES string of the molecule is COC(=O)c1ccc(S(=O)(=O)N2C3CCC2C(C(=O)O)C3)s1. The van der Waals surface area contributed by atoms with E-state index >= 15 is 0 Å². The molecule has 0 saturated carbocycles. The van der Waals surface area contributed by atoms with Gasteiger partial charge in [0.15, 0.2) is 0 Å². The van der Waals surface area contributed by atoms with Crippen molar-refractivity contribution in [1.29, 1.82) is 0 Å². The number of thiophene rings is 1. The molecule has 0 spiro atoms. The normalized spacial score (nSPS) is 28.0. The number of hydrogen-bond donors (Lipinski definition) is 1. The van der Waals surface area contributed by atoms with Crippen molar-refractivity contribution in [3.63, 3.8) is 0 Å². The number of carbonyl (C=O) groups is 2. The first kappa shape index (κ1) is 15.4. The Bertz CT molecular complexity index is 725. The van der Waals surface area contributed by atoms with Gasteiger partial charge in [-0.2, -0.15) is 4.31 Å². The van der Waals surface area contributed by atoms with Crippen LogP contribution in [-0.4, -0.2) is 49.0 Å². The molecule has 2 fully saturated rings. The molecular weight excluding hydrogens is 330 g/mol. The molecule has 1 aromatic rings. The van der Waals surface area contributed by atoms with Crippen molar-refractivity contribution < 1.29 is 27.9 Å². The average molecular weight is 345 g/mol. The third kappa shape index (κ3) is 2.24. The van der Waals surface area contributed by atoms with Crippen molar-refractivity contribution in [2.24, 2.45) is 5.92 Å². The van der Waals surface area contributed by atoms with E-state index in [0.717, 1.165) is 11.3 Å². The van der Waals surface area contributed by atoms with E-state index < -0.39 is 33.9 Å². The summed E-state index contributed by atoms with van der Waals surface area (Å²) < 4.78 is 31.5. The predicted molar refractivity (Wildman–Crippen MR) is 77.2 cm³/mol. The summed E-state index contributed by atoms with van der Waals surface area (Å²) >= 11 is 0.849. The monoisotopic (exact) mass is 345 g/mol. The van der Waals surface area contributed by atoms with Gasteiger partial charge in [0, 0.05) is 12.1 Å². The van der Waals surface area contributed by atoms with Gasteiger partial charge in [-0.05, 0) is 31.4 Å². The minimum atomic E-state index is -3.78. The smallest absolute Gasteiger partial charge is 0.348 e. The molecule has 2 bridgehead atoms. The number of carbonyl (C=O) groups excluding carboxylic acids is 1. The van der Waals surface area contributed by atoms with Gasteiger partial charge in [-0.1, -0.05) is 0 Å². The Morgan fingerprint density at radius 3 is 2.68 bits per heavy atom. The molecule has 3 heterocycles. The molecule has 3 rings (SSSR count). The van der Waals surface area contributed by atoms with Crippen molar-refractivity contribution in [1.82, 2.24) is 4.31 Å². The highest BCUT2D eigenvalue weighted by Crippen LogP contribution is 2.45. The summed E-state index contributed by atoms with van der Waals surface area (Å²) in [5, 5.41) is 9.22. The van der Waals surface area contributed by atoms with Crippen LogP contribution >= 0.6 is 11.3 Å². The summed E-state index contributed by atoms with van der Waals surface area (Å²) in [4.78, 5) is 22.9. The Balaban J connectivity index is 1.92. The number of carboxylic acid groups (broad SMARTS) is 1. The number of carboxylic acids is 1. The quantitative estimate of drug-likeness (QED) is 0.822. The lowest BCUT2D eigenvalue weighted by molar-refractivity contribution is -0.142. The van der Waals surface area contributed by atoms with E-state index in [1.807, 2.05) is 0 Å². The van der Waals surface area contributed by atoms with Crippen LogP contribution in [0.1, 0.15) is 28.9 Å². The predicted octanol–water partition coefficient (Wildman–Crippen LogP) is 1.16. The molecule has 120 valence electrons. The molecule has 2 aliphatic rings. The molecule has 0 aliphatic carbocycles. The summed E-state index contributed by atoms with van der Waals surface area (Å²) in [6, 6.07) is 2.03. The second-order valence-electron chi connectivity index (χ2n) is 5.42. The van der Waals surface area contributed by atoms with Crippen LogP contribution in [0, 0.1) is 5.92 Å². The zero-order valence-corrected chi connectivity index (χ0v) is 13.4. The largest absolute Gasteiger partial charge is 0.481 e. The second kappa shape index (κ2) is 5.32. The van der Waals surface area contributed by atoms with Gasteiger partial charge >= 0.3 is 11.9 Å². The molecule has 0 amide bonds. The molecule has 22 heavy (non-hydrogen) atoms. The van der Waals surface area contributed by atoms with Crippen molar-refractivity contribution >= 4 is 33.3 Å². The maximum atomic E-state index is 12.8. The summed E-state index contributed by atoms with van der Waals surface area (Å²) in [6.45, 7) is 0. The van der Waals surface area contributed by atoms with Gasteiger partial charge in [0.1, 0.15) is 9.09 Å². The highest BCUT2D eigenvalue weighted by Gasteiger charge is 2.54. The van der Waals surface area contributed by atoms with Crippen LogP contribution in [0.3, 0.4) is 0 Å². The molecule has 3 atom stereocenters. The molecular formula is C13H15NO6S2. The number of sulfonamides is 1. The lowest BCUT2D eigenvalue weighted by Gasteiger charge is -2.21. The Morgan fingerprint density at radius 1 is 1.36 bits per heavy atom. The number of fused-ring (bicyclic) bond motifs is 2. The highest BCUT2D eigenvalue weighted by atomic mass is 32.2. The average Bonchev–Trinajstić information content (AvgIpc) is 3.19. The van der Waals surface area contributed by atoms with Crippen LogP contribution in [0.25, 0.3) is 0 Å². The maximum Gasteiger partial charge on any atom is 0.348 e. The first-order valence-electron chi connectivity index (χ1n) is 6.80. The van der Waals surface area contributed by atoms with Gasteiger partial charge in [0.2, 0.25) is 0 Å². The Labute approximate surface area is 131 Å². The van der Waals surface area contributed by atoms with E-state index in [9.17, 15) is 23.1 Å². The molecule has 3 unspecified atom stereocenters. The molecule has 1 aromatic heterocycles. The first-order chi connectivity index (χ1) is 10.4. The van der Waals surface area contributed by atoms with Gasteiger partial charge in [-0.25, -0.2) is 13.2 Å². The van der Waals surface area contributed by atoms with Crippen molar-refractivity contribution in [3.05, 3.63) is 17.0 Å². The Hall–Kier alpha value is -1.45. The summed E-state index contributed by atoms with van der Waals surface area (Å²) in [6.07, 6.45) is 1.60. The fourth-order valence-corrected chi connectivity index (χ4v) is 6.60. The van der Waals surface area contributed by atoms with Crippen molar-refractivity contribution in [2.75, 3.05) is 7.11 Å². The number of hydrogen-bond acceptors (Lipinski definition) is 6. The van der Waals surface area contributed by atoms with E-state index in [-0.39, 0.29) is 15.1 Å². The molecule has 2 aliphatic heterocycles. The lowest BCUT2D eigenvalue weighted by Crippen LogP contribution is -2.37. The van der Waals surface area contributed by atoms with E-state index in [4.69, 9.17) is 0 Å². The number of ether oxygens (including phenoxy) is 1. The summed E-state index contributed by atoms with van der Waals surface area (Å²) in [5.41, 5.74) is 0. The zero-order valence-electron chi connectivity index (χ0n) is 11.8. The molecule has 2 saturated heterocycles. The van der Waals surface area contributed by atoms with Gasteiger partial charge in [0.05, 0.1) is 13.0 Å². The van der Waals surface area contributed by atoms with Gasteiger partial charge in [-0.15, -0.1) is 11.3 Å². The van der Waals surface area contributed by atoms with Crippen LogP contribution in [0.4, 0.5) is 0 Å². The fourth-order valence-electron chi connectivity index (χ4n) is 3.35. The van der Waals surface area contributed by atoms with E-state index in [2.05, 4.69) is 4.74 Å². The van der Waals surface area contributed by atoms with E-state index in [1.54, 1.807) is 0 Å². The van der Waals surface area contributed by atoms with Gasteiger partial charge < -0.3 is 9.84 Å². The molecule has 0 radical (unpaired) electrons. The lowest BCUT2D eigenvalue weighted by atomic mass is 9.89. The molecule has 0 aromatic carbocycles. The number of aliphatic carboxylic acids is 1. The standard InChI is InChI=1S/C13H15NO6S2/c1-20-13(17)10-4-5-11(21-10)22(18,19)14-7-2-3-9(14)8(6-7)12(15)16/h4-5,7-9H,2-3,6H2,1H3,(H,15,16). The number of nitrogens with zero attached hydrogens (tertiary/aromatic N) is 1. The van der Waals surface area contributed by atoms with Crippen molar-refractivity contribution in [3.8, 4) is 0 Å². The highest BCUT2D eigenvalue weighted by molar-refractivity contribution is 7.91. The van der Waals surface area contributed by atoms with E-state index in [0.29, 0.717) is 19.3 Å². The molecule has 7 nitrogen and oxygen atoms in total. The summed E-state index contributed by atoms with van der Waals surface area (Å²) in [7, 11) is -2.55. The zero-order chi connectivity index (χ0) is 16.1. The Morgan fingerprint density at radius 2 is 2.09 bits per heavy atom. The van der Waals surface area contributed by atoms with E-state index in [1.165, 1.54) is 23.5 Å². The second-order valence-corrected chi connectivity index (χ2v) is 8.58. The van der Waals surface area contributed by atoms with Crippen LogP contribution in [0.5, 0.6) is 0 Å². The number of rotatable bonds is 4. The molecule has 9 heteroatoms. The number of methoxy groups -OCH3 is 1. The van der Waals surface area contributed by atoms with Crippen LogP contribution < -0.4 is 0 Å². The van der Waals surface area contributed by atoms with Gasteiger partial charge in [-0.3, -0.25) is 4.79 Å². The topological polar surface area (TPSA) is 101 Å². The fraction of sp³-hybridized carbons (Fsp3) is 0.538. The molecule has 1 N–H and O–H groups in total.